The second kappa shape index (κ2) is 9.34. The predicted molar refractivity (Wildman–Crippen MR) is 127 cm³/mol. The lowest BCUT2D eigenvalue weighted by Gasteiger charge is -2.27. The van der Waals surface area contributed by atoms with Crippen molar-refractivity contribution in [1.82, 2.24) is 15.2 Å². The molecule has 9 heteroatoms. The summed E-state index contributed by atoms with van der Waals surface area (Å²) in [6.07, 6.45) is 7.51. The lowest BCUT2D eigenvalue weighted by Crippen LogP contribution is -2.31. The minimum atomic E-state index is -0.0136. The highest BCUT2D eigenvalue weighted by Crippen LogP contribution is 2.39. The van der Waals surface area contributed by atoms with Crippen molar-refractivity contribution in [2.45, 2.75) is 19.0 Å². The summed E-state index contributed by atoms with van der Waals surface area (Å²) in [5.41, 5.74) is 14.8. The monoisotopic (exact) mass is 435 g/mol. The Morgan fingerprint density at radius 3 is 2.87 bits per heavy atom. The van der Waals surface area contributed by atoms with Gasteiger partial charge in [-0.1, -0.05) is 36.4 Å². The maximum atomic E-state index is 6.24. The van der Waals surface area contributed by atoms with E-state index in [1.807, 2.05) is 30.3 Å². The molecular weight excluding hydrogens is 408 g/mol. The van der Waals surface area contributed by atoms with Gasteiger partial charge < -0.3 is 21.7 Å². The maximum absolute atomic E-state index is 6.24. The van der Waals surface area contributed by atoms with E-state index in [4.69, 9.17) is 26.9 Å². The Hall–Kier alpha value is -3.14. The Bertz CT molecular complexity index is 1070. The van der Waals surface area contributed by atoms with Crippen molar-refractivity contribution in [3.05, 3.63) is 64.1 Å². The van der Waals surface area contributed by atoms with E-state index in [-0.39, 0.29) is 12.1 Å². The quantitative estimate of drug-likeness (QED) is 0.272. The topological polar surface area (TPSA) is 131 Å². The Morgan fingerprint density at radius 1 is 1.32 bits per heavy atom. The van der Waals surface area contributed by atoms with E-state index in [9.17, 15) is 0 Å². The fourth-order valence-electron chi connectivity index (χ4n) is 3.73. The van der Waals surface area contributed by atoms with Crippen LogP contribution in [0.25, 0.3) is 11.3 Å². The van der Waals surface area contributed by atoms with E-state index in [1.165, 1.54) is 23.2 Å². The predicted octanol–water partition coefficient (Wildman–Crippen LogP) is 0.449. The summed E-state index contributed by atoms with van der Waals surface area (Å²) >= 11 is 1.54. The molecule has 0 radical (unpaired) electrons. The third-order valence-corrected chi connectivity index (χ3v) is 6.30. The van der Waals surface area contributed by atoms with Gasteiger partial charge in [0.05, 0.1) is 11.7 Å². The first-order chi connectivity index (χ1) is 15.1. The highest BCUT2D eigenvalue weighted by Gasteiger charge is 2.37. The molecule has 0 bridgehead atoms. The van der Waals surface area contributed by atoms with Gasteiger partial charge in [-0.3, -0.25) is 10.4 Å². The summed E-state index contributed by atoms with van der Waals surface area (Å²) in [4.78, 5) is 17.0. The number of fused-ring (bicyclic) bond motifs is 1. The first-order valence-corrected chi connectivity index (χ1v) is 11.0. The molecular formula is C22H27N8S+. The number of rotatable bonds is 8. The molecule has 0 amide bonds. The first-order valence-electron chi connectivity index (χ1n) is 10.2. The van der Waals surface area contributed by atoms with Crippen LogP contribution in [0, 0.1) is 0 Å². The third-order valence-electron chi connectivity index (χ3n) is 5.15. The SMILES string of the molecule is CC1N=C2C=CC(CNCCN)=CN2C1c1nc(-c2ccccc2)c(C(N)=NC=[NH2+])s1. The van der Waals surface area contributed by atoms with Gasteiger partial charge in [0.1, 0.15) is 21.8 Å². The van der Waals surface area contributed by atoms with E-state index in [2.05, 4.69) is 40.5 Å². The normalized spacial score (nSPS) is 20.5. The highest BCUT2D eigenvalue weighted by molar-refractivity contribution is 7.14. The Balaban J connectivity index is 1.71. The molecule has 7 N–H and O–H groups in total. The molecule has 2 aromatic rings. The van der Waals surface area contributed by atoms with Gasteiger partial charge in [0, 0.05) is 31.4 Å². The number of nitrogens with one attached hydrogen (secondary N) is 1. The molecule has 0 saturated carbocycles. The minimum Gasteiger partial charge on any atom is -0.362 e. The number of thiazole rings is 1. The van der Waals surface area contributed by atoms with Crippen molar-refractivity contribution in [2.24, 2.45) is 21.5 Å². The van der Waals surface area contributed by atoms with Gasteiger partial charge in [0.2, 0.25) is 0 Å². The van der Waals surface area contributed by atoms with Gasteiger partial charge in [-0.15, -0.1) is 11.3 Å². The number of nitrogens with zero attached hydrogens (tertiary/aromatic N) is 4. The molecule has 2 atom stereocenters. The van der Waals surface area contributed by atoms with Crippen molar-refractivity contribution in [3.8, 4) is 11.3 Å². The van der Waals surface area contributed by atoms with Crippen LogP contribution in [0.5, 0.6) is 0 Å². The van der Waals surface area contributed by atoms with E-state index in [0.717, 1.165) is 40.1 Å². The number of aromatic nitrogens is 1. The van der Waals surface area contributed by atoms with E-state index >= 15 is 0 Å². The zero-order chi connectivity index (χ0) is 21.8. The zero-order valence-electron chi connectivity index (χ0n) is 17.4. The van der Waals surface area contributed by atoms with Gasteiger partial charge >= 0.3 is 0 Å². The smallest absolute Gasteiger partial charge is 0.279 e. The minimum absolute atomic E-state index is 0.0136. The summed E-state index contributed by atoms with van der Waals surface area (Å²) < 4.78 is 0. The Kier molecular flexibility index (Phi) is 6.36. The number of benzene rings is 1. The van der Waals surface area contributed by atoms with Crippen molar-refractivity contribution < 1.29 is 5.41 Å². The first kappa shape index (κ1) is 21.1. The standard InChI is InChI=1S/C22H26N8S/c1-14-19(30-12-15(11-26-10-9-23)7-8-17(30)28-14)22-29-18(16-5-3-2-4-6-16)20(31-22)21(25)27-13-24/h2-8,12-14,19,26H,9-11,23H2,1H3,(H3,24,25,27)/p+1. The van der Waals surface area contributed by atoms with Crippen molar-refractivity contribution in [3.63, 3.8) is 0 Å². The molecule has 8 nitrogen and oxygen atoms in total. The fraction of sp³-hybridized carbons (Fsp3) is 0.273. The molecule has 1 aromatic heterocycles. The third kappa shape index (κ3) is 4.34. The molecule has 0 saturated heterocycles. The lowest BCUT2D eigenvalue weighted by molar-refractivity contribution is -0.106. The van der Waals surface area contributed by atoms with E-state index in [0.29, 0.717) is 12.4 Å². The summed E-state index contributed by atoms with van der Waals surface area (Å²) in [6.45, 7) is 4.25. The summed E-state index contributed by atoms with van der Waals surface area (Å²) in [5.74, 6) is 1.30. The molecule has 1 aromatic carbocycles. The van der Waals surface area contributed by atoms with Crippen LogP contribution in [-0.2, 0) is 0 Å². The van der Waals surface area contributed by atoms with Gasteiger partial charge in [-0.25, -0.2) is 4.98 Å². The van der Waals surface area contributed by atoms with Crippen LogP contribution < -0.4 is 22.2 Å². The van der Waals surface area contributed by atoms with E-state index < -0.39 is 0 Å². The van der Waals surface area contributed by atoms with Crippen LogP contribution in [-0.4, -0.2) is 53.6 Å². The van der Waals surface area contributed by atoms with Gasteiger partial charge in [-0.05, 0) is 23.6 Å². The maximum Gasteiger partial charge on any atom is 0.279 e. The molecule has 4 rings (SSSR count). The molecule has 2 unspecified atom stereocenters. The van der Waals surface area contributed by atoms with E-state index in [1.54, 1.807) is 0 Å². The van der Waals surface area contributed by atoms with Crippen LogP contribution in [0.3, 0.4) is 0 Å². The molecule has 160 valence electrons. The highest BCUT2D eigenvalue weighted by atomic mass is 32.1. The summed E-state index contributed by atoms with van der Waals surface area (Å²) in [5, 5.41) is 9.78. The number of amidine groups is 2. The van der Waals surface area contributed by atoms with Crippen LogP contribution in [0.2, 0.25) is 0 Å². The summed E-state index contributed by atoms with van der Waals surface area (Å²) in [6, 6.07) is 10.0. The molecule has 2 aliphatic rings. The van der Waals surface area contributed by atoms with Crippen molar-refractivity contribution >= 4 is 29.3 Å². The molecule has 31 heavy (non-hydrogen) atoms. The Morgan fingerprint density at radius 2 is 2.13 bits per heavy atom. The van der Waals surface area contributed by atoms with Crippen molar-refractivity contribution in [1.29, 1.82) is 0 Å². The number of aliphatic imine (C=N–C) groups is 2. The van der Waals surface area contributed by atoms with Crippen LogP contribution in [0.4, 0.5) is 0 Å². The van der Waals surface area contributed by atoms with Gasteiger partial charge in [-0.2, -0.15) is 0 Å². The molecule has 3 heterocycles. The van der Waals surface area contributed by atoms with Crippen LogP contribution in [0.15, 0.2) is 64.2 Å². The average Bonchev–Trinajstić information content (AvgIpc) is 3.35. The average molecular weight is 436 g/mol. The zero-order valence-corrected chi connectivity index (χ0v) is 18.2. The lowest BCUT2D eigenvalue weighted by atomic mass is 10.1. The Labute approximate surface area is 185 Å². The number of hydrogen-bond acceptors (Lipinski definition) is 6. The second-order valence-electron chi connectivity index (χ2n) is 7.34. The molecule has 0 fully saturated rings. The van der Waals surface area contributed by atoms with Gasteiger partial charge in [0.25, 0.3) is 12.2 Å². The van der Waals surface area contributed by atoms with Crippen LogP contribution in [0.1, 0.15) is 22.9 Å². The molecule has 2 aliphatic heterocycles. The fourth-order valence-corrected chi connectivity index (χ4v) is 4.93. The van der Waals surface area contributed by atoms with Crippen molar-refractivity contribution in [2.75, 3.05) is 19.6 Å². The van der Waals surface area contributed by atoms with Crippen LogP contribution >= 0.6 is 11.3 Å². The molecule has 0 aliphatic carbocycles. The number of nitrogens with two attached hydrogens (primary N) is 3. The molecule has 0 spiro atoms. The number of hydrogen-bond donors (Lipinski definition) is 4. The summed E-state index contributed by atoms with van der Waals surface area (Å²) in [7, 11) is 0. The second-order valence-corrected chi connectivity index (χ2v) is 8.37. The van der Waals surface area contributed by atoms with Gasteiger partial charge in [0.15, 0.2) is 0 Å². The largest absolute Gasteiger partial charge is 0.362 e.